The smallest absolute Gasteiger partial charge is 0.00414 e. The Morgan fingerprint density at radius 2 is 2.08 bits per heavy atom. The third-order valence-electron chi connectivity index (χ3n) is 3.03. The molecule has 2 unspecified atom stereocenters. The molecule has 2 heteroatoms. The summed E-state index contributed by atoms with van der Waals surface area (Å²) in [7, 11) is 0. The molecule has 1 nitrogen and oxygen atoms in total. The van der Waals surface area contributed by atoms with Gasteiger partial charge in [-0.05, 0) is 43.6 Å². The molecule has 2 atom stereocenters. The molecule has 0 radical (unpaired) electrons. The third-order valence-corrected chi connectivity index (χ3v) is 3.73. The highest BCUT2D eigenvalue weighted by Gasteiger charge is 2.16. The summed E-state index contributed by atoms with van der Waals surface area (Å²) in [6, 6.07) is 0.502. The Hall–Kier alpha value is 0.310. The predicted molar refractivity (Wildman–Crippen MR) is 62.2 cm³/mol. The van der Waals surface area contributed by atoms with Crippen molar-refractivity contribution >= 4 is 11.8 Å². The van der Waals surface area contributed by atoms with Crippen LogP contribution < -0.4 is 5.73 Å². The van der Waals surface area contributed by atoms with Gasteiger partial charge in [-0.15, -0.1) is 0 Å². The summed E-state index contributed by atoms with van der Waals surface area (Å²) >= 11 is 1.96. The Morgan fingerprint density at radius 3 is 2.85 bits per heavy atom. The Morgan fingerprint density at radius 1 is 1.31 bits per heavy atom. The maximum atomic E-state index is 6.02. The highest BCUT2D eigenvalue weighted by molar-refractivity contribution is 7.98. The second kappa shape index (κ2) is 6.72. The van der Waals surface area contributed by atoms with Crippen molar-refractivity contribution < 1.29 is 0 Å². The molecular formula is C11H23NS. The number of rotatable bonds is 4. The summed E-state index contributed by atoms with van der Waals surface area (Å²) in [4.78, 5) is 0. The van der Waals surface area contributed by atoms with E-state index in [1.807, 2.05) is 11.8 Å². The van der Waals surface area contributed by atoms with Gasteiger partial charge in [0.05, 0.1) is 0 Å². The fraction of sp³-hybridized carbons (Fsp3) is 1.00. The maximum Gasteiger partial charge on any atom is 0.00414 e. The minimum absolute atomic E-state index is 0.502. The molecule has 0 saturated heterocycles. The maximum absolute atomic E-state index is 6.02. The van der Waals surface area contributed by atoms with Crippen LogP contribution in [-0.4, -0.2) is 18.1 Å². The molecule has 0 heterocycles. The van der Waals surface area contributed by atoms with Gasteiger partial charge in [-0.3, -0.25) is 0 Å². The monoisotopic (exact) mass is 201 g/mol. The van der Waals surface area contributed by atoms with Crippen molar-refractivity contribution in [3.63, 3.8) is 0 Å². The minimum Gasteiger partial charge on any atom is -0.328 e. The lowest BCUT2D eigenvalue weighted by Crippen LogP contribution is -2.21. The zero-order valence-corrected chi connectivity index (χ0v) is 9.61. The van der Waals surface area contributed by atoms with Crippen LogP contribution in [0.2, 0.25) is 0 Å². The van der Waals surface area contributed by atoms with Crippen LogP contribution in [0.4, 0.5) is 0 Å². The van der Waals surface area contributed by atoms with Crippen LogP contribution in [0.1, 0.15) is 44.9 Å². The summed E-state index contributed by atoms with van der Waals surface area (Å²) in [5, 5.41) is 0. The molecule has 0 aromatic rings. The fourth-order valence-electron chi connectivity index (χ4n) is 2.28. The molecule has 1 aliphatic carbocycles. The van der Waals surface area contributed by atoms with Gasteiger partial charge in [-0.1, -0.05) is 19.3 Å². The lowest BCUT2D eigenvalue weighted by Gasteiger charge is -2.16. The number of hydrogen-bond acceptors (Lipinski definition) is 2. The van der Waals surface area contributed by atoms with Gasteiger partial charge in [0.2, 0.25) is 0 Å². The van der Waals surface area contributed by atoms with Crippen molar-refractivity contribution in [2.75, 3.05) is 12.0 Å². The van der Waals surface area contributed by atoms with Crippen molar-refractivity contribution in [3.8, 4) is 0 Å². The van der Waals surface area contributed by atoms with Gasteiger partial charge in [0.1, 0.15) is 0 Å². The predicted octanol–water partition coefficient (Wildman–Crippen LogP) is 3.04. The molecule has 0 bridgehead atoms. The van der Waals surface area contributed by atoms with Gasteiger partial charge in [0.15, 0.2) is 0 Å². The van der Waals surface area contributed by atoms with E-state index in [0.717, 1.165) is 5.92 Å². The number of hydrogen-bond donors (Lipinski definition) is 1. The van der Waals surface area contributed by atoms with E-state index in [1.165, 1.54) is 50.7 Å². The first-order valence-electron chi connectivity index (χ1n) is 5.57. The number of thioether (sulfide) groups is 1. The molecule has 0 aliphatic heterocycles. The Bertz CT molecular complexity index is 127. The van der Waals surface area contributed by atoms with E-state index in [0.29, 0.717) is 6.04 Å². The van der Waals surface area contributed by atoms with E-state index < -0.39 is 0 Å². The standard InChI is InChI=1S/C11H23NS/c1-13-8-4-6-10-5-2-3-7-11(12)9-10/h10-11H,2-9,12H2,1H3. The molecule has 0 amide bonds. The summed E-state index contributed by atoms with van der Waals surface area (Å²) < 4.78 is 0. The molecular weight excluding hydrogens is 178 g/mol. The lowest BCUT2D eigenvalue weighted by molar-refractivity contribution is 0.403. The van der Waals surface area contributed by atoms with Gasteiger partial charge >= 0.3 is 0 Å². The van der Waals surface area contributed by atoms with E-state index >= 15 is 0 Å². The molecule has 1 rings (SSSR count). The molecule has 13 heavy (non-hydrogen) atoms. The molecule has 2 N–H and O–H groups in total. The largest absolute Gasteiger partial charge is 0.328 e. The molecule has 1 aliphatic rings. The Kier molecular flexibility index (Phi) is 5.88. The van der Waals surface area contributed by atoms with Crippen LogP contribution in [-0.2, 0) is 0 Å². The van der Waals surface area contributed by atoms with E-state index in [9.17, 15) is 0 Å². The van der Waals surface area contributed by atoms with Crippen molar-refractivity contribution in [2.24, 2.45) is 11.7 Å². The highest BCUT2D eigenvalue weighted by Crippen LogP contribution is 2.26. The zero-order chi connectivity index (χ0) is 9.52. The van der Waals surface area contributed by atoms with Gasteiger partial charge in [-0.25, -0.2) is 0 Å². The van der Waals surface area contributed by atoms with Crippen molar-refractivity contribution in [1.82, 2.24) is 0 Å². The normalized spacial score (nSPS) is 30.0. The lowest BCUT2D eigenvalue weighted by atomic mass is 9.94. The Balaban J connectivity index is 2.15. The second-order valence-electron chi connectivity index (χ2n) is 4.28. The van der Waals surface area contributed by atoms with E-state index in [4.69, 9.17) is 5.73 Å². The first-order chi connectivity index (χ1) is 6.33. The van der Waals surface area contributed by atoms with Crippen LogP contribution in [0, 0.1) is 5.92 Å². The topological polar surface area (TPSA) is 26.0 Å². The van der Waals surface area contributed by atoms with Crippen molar-refractivity contribution in [3.05, 3.63) is 0 Å². The quantitative estimate of drug-likeness (QED) is 0.559. The molecule has 0 aromatic heterocycles. The van der Waals surface area contributed by atoms with Crippen LogP contribution >= 0.6 is 11.8 Å². The molecule has 0 spiro atoms. The summed E-state index contributed by atoms with van der Waals surface area (Å²) in [5.74, 6) is 2.26. The summed E-state index contributed by atoms with van der Waals surface area (Å²) in [6.07, 6.45) is 11.7. The molecule has 1 fully saturated rings. The SMILES string of the molecule is CSCCCC1CCCCC(N)C1. The van der Waals surface area contributed by atoms with E-state index in [1.54, 1.807) is 0 Å². The molecule has 1 saturated carbocycles. The Labute approximate surface area is 86.8 Å². The first-order valence-corrected chi connectivity index (χ1v) is 6.97. The van der Waals surface area contributed by atoms with Crippen molar-refractivity contribution in [2.45, 2.75) is 51.0 Å². The van der Waals surface area contributed by atoms with E-state index in [-0.39, 0.29) is 0 Å². The second-order valence-corrected chi connectivity index (χ2v) is 5.27. The molecule has 78 valence electrons. The van der Waals surface area contributed by atoms with Crippen LogP contribution in [0.3, 0.4) is 0 Å². The fourth-order valence-corrected chi connectivity index (χ4v) is 2.74. The van der Waals surface area contributed by atoms with Crippen LogP contribution in [0.15, 0.2) is 0 Å². The van der Waals surface area contributed by atoms with Gasteiger partial charge < -0.3 is 5.73 Å². The summed E-state index contributed by atoms with van der Waals surface area (Å²) in [5.41, 5.74) is 6.02. The van der Waals surface area contributed by atoms with Gasteiger partial charge in [-0.2, -0.15) is 11.8 Å². The average molecular weight is 201 g/mol. The van der Waals surface area contributed by atoms with Crippen molar-refractivity contribution in [1.29, 1.82) is 0 Å². The number of nitrogens with two attached hydrogens (primary N) is 1. The zero-order valence-electron chi connectivity index (χ0n) is 8.80. The first kappa shape index (κ1) is 11.4. The van der Waals surface area contributed by atoms with Crippen LogP contribution in [0.5, 0.6) is 0 Å². The van der Waals surface area contributed by atoms with Crippen LogP contribution in [0.25, 0.3) is 0 Å². The third kappa shape index (κ3) is 4.92. The summed E-state index contributed by atoms with van der Waals surface area (Å²) in [6.45, 7) is 0. The van der Waals surface area contributed by atoms with Gasteiger partial charge in [0, 0.05) is 6.04 Å². The molecule has 0 aromatic carbocycles. The van der Waals surface area contributed by atoms with Gasteiger partial charge in [0.25, 0.3) is 0 Å². The minimum atomic E-state index is 0.502. The highest BCUT2D eigenvalue weighted by atomic mass is 32.2. The van der Waals surface area contributed by atoms with E-state index in [2.05, 4.69) is 6.26 Å². The average Bonchev–Trinajstić information content (AvgIpc) is 2.31.